The normalized spacial score (nSPS) is 9.23. The molecule has 0 atom stereocenters. The fourth-order valence-electron chi connectivity index (χ4n) is 2.34. The first-order valence-corrected chi connectivity index (χ1v) is 8.08. The van der Waals surface area contributed by atoms with Crippen LogP contribution in [-0.2, 0) is 0 Å². The van der Waals surface area contributed by atoms with Crippen LogP contribution in [0.1, 0.15) is 33.4 Å². The van der Waals surface area contributed by atoms with Crippen molar-refractivity contribution in [2.45, 2.75) is 6.92 Å². The van der Waals surface area contributed by atoms with Crippen LogP contribution in [0.15, 0.2) is 66.7 Å². The van der Waals surface area contributed by atoms with E-state index in [1.807, 2.05) is 37.3 Å². The largest absolute Gasteiger partial charge is 0.508 e. The lowest BCUT2D eigenvalue weighted by Crippen LogP contribution is -1.85. The van der Waals surface area contributed by atoms with Crippen molar-refractivity contribution < 1.29 is 5.11 Å². The zero-order valence-electron chi connectivity index (χ0n) is 14.2. The van der Waals surface area contributed by atoms with Crippen LogP contribution in [0.2, 0.25) is 0 Å². The summed E-state index contributed by atoms with van der Waals surface area (Å²) in [7, 11) is 0. The van der Waals surface area contributed by atoms with Crippen molar-refractivity contribution in [3.05, 3.63) is 100 Å². The molecule has 1 N–H and O–H groups in total. The van der Waals surface area contributed by atoms with Crippen LogP contribution in [0, 0.1) is 41.9 Å². The van der Waals surface area contributed by atoms with Gasteiger partial charge in [-0.05, 0) is 79.2 Å². The molecule has 26 heavy (non-hydrogen) atoms. The molecule has 0 aliphatic carbocycles. The Hall–Kier alpha value is -3.93. The van der Waals surface area contributed by atoms with Gasteiger partial charge in [-0.15, -0.1) is 0 Å². The molecule has 0 bridgehead atoms. The summed E-state index contributed by atoms with van der Waals surface area (Å²) in [6, 6.07) is 22.0. The smallest absolute Gasteiger partial charge is 0.115 e. The lowest BCUT2D eigenvalue weighted by molar-refractivity contribution is 0.475. The van der Waals surface area contributed by atoms with Gasteiger partial charge in [0.25, 0.3) is 0 Å². The Kier molecular flexibility index (Phi) is 5.05. The molecule has 3 aromatic rings. The summed E-state index contributed by atoms with van der Waals surface area (Å²) >= 11 is 0. The standard InChI is InChI=1S/C24H15NO/c1-18-16-21(5-2-20-10-14-24(26)15-11-20)9-13-23(18)12-8-19-3-6-22(17-25)7-4-19/h3-4,6-7,9-11,13-16,26H,1H3. The number of hydrogen-bond donors (Lipinski definition) is 1. The van der Waals surface area contributed by atoms with E-state index < -0.39 is 0 Å². The predicted molar refractivity (Wildman–Crippen MR) is 102 cm³/mol. The van der Waals surface area contributed by atoms with E-state index in [1.54, 1.807) is 36.4 Å². The molecule has 0 saturated heterocycles. The molecule has 0 aliphatic heterocycles. The summed E-state index contributed by atoms with van der Waals surface area (Å²) in [5.41, 5.74) is 5.28. The molecule has 2 nitrogen and oxygen atoms in total. The zero-order valence-corrected chi connectivity index (χ0v) is 14.2. The number of rotatable bonds is 0. The Bertz CT molecular complexity index is 1090. The van der Waals surface area contributed by atoms with Gasteiger partial charge in [-0.3, -0.25) is 0 Å². The van der Waals surface area contributed by atoms with Gasteiger partial charge in [-0.2, -0.15) is 5.26 Å². The molecule has 0 saturated carbocycles. The lowest BCUT2D eigenvalue weighted by atomic mass is 10.0. The van der Waals surface area contributed by atoms with Gasteiger partial charge in [0.1, 0.15) is 5.75 Å². The van der Waals surface area contributed by atoms with E-state index in [0.717, 1.165) is 27.8 Å². The number of aryl methyl sites for hydroxylation is 1. The Morgan fingerprint density at radius 1 is 0.654 bits per heavy atom. The molecule has 0 spiro atoms. The Morgan fingerprint density at radius 3 is 1.77 bits per heavy atom. The van der Waals surface area contributed by atoms with Crippen LogP contribution in [-0.4, -0.2) is 5.11 Å². The monoisotopic (exact) mass is 333 g/mol. The minimum absolute atomic E-state index is 0.233. The predicted octanol–water partition coefficient (Wildman–Crippen LogP) is 4.37. The van der Waals surface area contributed by atoms with E-state index in [-0.39, 0.29) is 5.75 Å². The molecule has 0 amide bonds. The fraction of sp³-hybridized carbons (Fsp3) is 0.0417. The van der Waals surface area contributed by atoms with Crippen LogP contribution in [0.5, 0.6) is 5.75 Å². The number of aromatic hydroxyl groups is 1. The van der Waals surface area contributed by atoms with Crippen molar-refractivity contribution in [3.8, 4) is 35.5 Å². The number of nitriles is 1. The molecule has 0 heterocycles. The molecular formula is C24H15NO. The fourth-order valence-corrected chi connectivity index (χ4v) is 2.34. The first-order valence-electron chi connectivity index (χ1n) is 8.08. The molecule has 0 fully saturated rings. The maximum atomic E-state index is 9.29. The van der Waals surface area contributed by atoms with E-state index in [1.165, 1.54) is 0 Å². The quantitative estimate of drug-likeness (QED) is 0.621. The first-order chi connectivity index (χ1) is 12.6. The molecule has 0 aromatic heterocycles. The first kappa shape index (κ1) is 16.9. The van der Waals surface area contributed by atoms with Crippen LogP contribution in [0.3, 0.4) is 0 Å². The van der Waals surface area contributed by atoms with Crippen molar-refractivity contribution in [3.63, 3.8) is 0 Å². The summed E-state index contributed by atoms with van der Waals surface area (Å²) in [6.07, 6.45) is 0. The number of hydrogen-bond acceptors (Lipinski definition) is 2. The average Bonchev–Trinajstić information content (AvgIpc) is 2.67. The van der Waals surface area contributed by atoms with Gasteiger partial charge in [-0.25, -0.2) is 0 Å². The van der Waals surface area contributed by atoms with Crippen molar-refractivity contribution in [2.24, 2.45) is 0 Å². The van der Waals surface area contributed by atoms with Gasteiger partial charge in [0.2, 0.25) is 0 Å². The highest BCUT2D eigenvalue weighted by Gasteiger charge is 1.97. The topological polar surface area (TPSA) is 44.0 Å². The molecule has 0 aliphatic rings. The highest BCUT2D eigenvalue weighted by molar-refractivity contribution is 5.52. The Morgan fingerprint density at radius 2 is 1.15 bits per heavy atom. The highest BCUT2D eigenvalue weighted by Crippen LogP contribution is 2.11. The van der Waals surface area contributed by atoms with E-state index in [4.69, 9.17) is 5.26 Å². The highest BCUT2D eigenvalue weighted by atomic mass is 16.3. The van der Waals surface area contributed by atoms with Gasteiger partial charge >= 0.3 is 0 Å². The van der Waals surface area contributed by atoms with E-state index >= 15 is 0 Å². The molecule has 2 heteroatoms. The van der Waals surface area contributed by atoms with Crippen molar-refractivity contribution in [1.29, 1.82) is 5.26 Å². The van der Waals surface area contributed by atoms with Crippen LogP contribution < -0.4 is 0 Å². The van der Waals surface area contributed by atoms with Crippen molar-refractivity contribution in [1.82, 2.24) is 0 Å². The zero-order chi connectivity index (χ0) is 18.4. The number of phenolic OH excluding ortho intramolecular Hbond substituents is 1. The van der Waals surface area contributed by atoms with Crippen molar-refractivity contribution >= 4 is 0 Å². The number of nitrogens with zero attached hydrogens (tertiary/aromatic N) is 1. The molecule has 3 rings (SSSR count). The second kappa shape index (κ2) is 7.76. The third-order valence-electron chi connectivity index (χ3n) is 3.80. The molecule has 0 radical (unpaired) electrons. The minimum Gasteiger partial charge on any atom is -0.508 e. The molecular weight excluding hydrogens is 318 g/mol. The second-order valence-electron chi connectivity index (χ2n) is 5.77. The maximum absolute atomic E-state index is 9.29. The van der Waals surface area contributed by atoms with Gasteiger partial charge in [0.05, 0.1) is 11.6 Å². The van der Waals surface area contributed by atoms with Crippen molar-refractivity contribution in [2.75, 3.05) is 0 Å². The average molecular weight is 333 g/mol. The third kappa shape index (κ3) is 4.33. The number of benzene rings is 3. The summed E-state index contributed by atoms with van der Waals surface area (Å²) in [5.74, 6) is 12.7. The van der Waals surface area contributed by atoms with Gasteiger partial charge in [0, 0.05) is 22.3 Å². The van der Waals surface area contributed by atoms with Crippen LogP contribution in [0.25, 0.3) is 0 Å². The molecule has 0 unspecified atom stereocenters. The van der Waals surface area contributed by atoms with Gasteiger partial charge < -0.3 is 5.11 Å². The van der Waals surface area contributed by atoms with E-state index in [0.29, 0.717) is 5.56 Å². The van der Waals surface area contributed by atoms with Gasteiger partial charge in [0.15, 0.2) is 0 Å². The molecule has 3 aromatic carbocycles. The van der Waals surface area contributed by atoms with Crippen LogP contribution in [0.4, 0.5) is 0 Å². The summed E-state index contributed by atoms with van der Waals surface area (Å²) in [5, 5.41) is 18.1. The Labute approximate surface area is 153 Å². The summed E-state index contributed by atoms with van der Waals surface area (Å²) < 4.78 is 0. The SMILES string of the molecule is Cc1cc(C#Cc2ccc(O)cc2)ccc1C#Cc1ccc(C#N)cc1. The lowest BCUT2D eigenvalue weighted by Gasteiger charge is -1.99. The third-order valence-corrected chi connectivity index (χ3v) is 3.80. The van der Waals surface area contributed by atoms with E-state index in [2.05, 4.69) is 29.8 Å². The number of phenols is 1. The Balaban J connectivity index is 1.79. The second-order valence-corrected chi connectivity index (χ2v) is 5.77. The van der Waals surface area contributed by atoms with E-state index in [9.17, 15) is 5.11 Å². The summed E-state index contributed by atoms with van der Waals surface area (Å²) in [6.45, 7) is 2.01. The van der Waals surface area contributed by atoms with Gasteiger partial charge in [-0.1, -0.05) is 23.7 Å². The molecule has 122 valence electrons. The minimum atomic E-state index is 0.233. The maximum Gasteiger partial charge on any atom is 0.115 e. The van der Waals surface area contributed by atoms with Crippen LogP contribution >= 0.6 is 0 Å². The summed E-state index contributed by atoms with van der Waals surface area (Å²) in [4.78, 5) is 0.